The van der Waals surface area contributed by atoms with Gasteiger partial charge in [-0.2, -0.15) is 0 Å². The van der Waals surface area contributed by atoms with Crippen molar-refractivity contribution in [3.05, 3.63) is 0 Å². The van der Waals surface area contributed by atoms with Crippen LogP contribution in [0.1, 0.15) is 19.3 Å². The van der Waals surface area contributed by atoms with E-state index in [0.29, 0.717) is 12.8 Å². The van der Waals surface area contributed by atoms with E-state index in [0.717, 1.165) is 0 Å². The molecule has 5 nitrogen and oxygen atoms in total. The number of aliphatic carboxylic acids is 1. The van der Waals surface area contributed by atoms with E-state index in [9.17, 15) is 13.2 Å². The van der Waals surface area contributed by atoms with E-state index in [2.05, 4.69) is 0 Å². The van der Waals surface area contributed by atoms with Gasteiger partial charge in [-0.3, -0.25) is 4.79 Å². The summed E-state index contributed by atoms with van der Waals surface area (Å²) in [6.45, 7) is 0. The van der Waals surface area contributed by atoms with Crippen LogP contribution in [0, 0.1) is 5.92 Å². The Morgan fingerprint density at radius 2 is 2.00 bits per heavy atom. The molecule has 0 bridgehead atoms. The molecule has 0 amide bonds. The average Bonchev–Trinajstić information content (AvgIpc) is 2.14. The first-order valence-electron chi connectivity index (χ1n) is 4.89. The maximum absolute atomic E-state index is 11.2. The number of ether oxygens (including phenoxy) is 1. The number of carbonyl (C=O) groups is 1. The molecule has 0 aromatic rings. The van der Waals surface area contributed by atoms with Crippen LogP contribution in [0.5, 0.6) is 0 Å². The second kappa shape index (κ2) is 4.94. The summed E-state index contributed by atoms with van der Waals surface area (Å²) in [5.74, 6) is -0.557. The second-order valence-electron chi connectivity index (χ2n) is 3.86. The largest absolute Gasteiger partial charge is 0.481 e. The third kappa shape index (κ3) is 3.79. The number of hydrogen-bond donors (Lipinski definition) is 1. The highest BCUT2D eigenvalue weighted by atomic mass is 32.2. The minimum Gasteiger partial charge on any atom is -0.481 e. The summed E-state index contributed by atoms with van der Waals surface area (Å²) >= 11 is 0. The Bertz CT molecular complexity index is 307. The number of carboxylic acid groups (broad SMARTS) is 1. The molecule has 6 heteroatoms. The highest BCUT2D eigenvalue weighted by molar-refractivity contribution is 7.91. The normalized spacial score (nSPS) is 23.5. The van der Waals surface area contributed by atoms with E-state index in [-0.39, 0.29) is 29.9 Å². The maximum atomic E-state index is 11.2. The minimum absolute atomic E-state index is 0.0506. The van der Waals surface area contributed by atoms with Gasteiger partial charge in [0.1, 0.15) is 9.84 Å². The molecule has 1 saturated heterocycles. The fourth-order valence-corrected chi connectivity index (χ4v) is 3.42. The van der Waals surface area contributed by atoms with Crippen molar-refractivity contribution in [3.63, 3.8) is 0 Å². The van der Waals surface area contributed by atoms with E-state index in [1.165, 1.54) is 7.11 Å². The molecule has 1 atom stereocenters. The lowest BCUT2D eigenvalue weighted by atomic mass is 9.94. The van der Waals surface area contributed by atoms with Crippen LogP contribution in [0.2, 0.25) is 0 Å². The second-order valence-corrected chi connectivity index (χ2v) is 6.16. The molecule has 0 spiro atoms. The van der Waals surface area contributed by atoms with E-state index in [1.807, 2.05) is 0 Å². The van der Waals surface area contributed by atoms with Crippen molar-refractivity contribution < 1.29 is 23.1 Å². The van der Waals surface area contributed by atoms with Gasteiger partial charge in [0.05, 0.1) is 24.0 Å². The Balaban J connectivity index is 2.53. The fraction of sp³-hybridized carbons (Fsp3) is 0.889. The van der Waals surface area contributed by atoms with Crippen molar-refractivity contribution >= 4 is 15.8 Å². The standard InChI is InChI=1S/C9H16O5S/c1-14-8(6-9(10)11)7-2-4-15(12,13)5-3-7/h7-8H,2-6H2,1H3,(H,10,11). The molecule has 1 aliphatic rings. The SMILES string of the molecule is COC(CC(=O)O)C1CCS(=O)(=O)CC1. The zero-order valence-corrected chi connectivity index (χ0v) is 9.50. The van der Waals surface area contributed by atoms with Gasteiger partial charge in [0.25, 0.3) is 0 Å². The van der Waals surface area contributed by atoms with Gasteiger partial charge in [-0.15, -0.1) is 0 Å². The first-order valence-corrected chi connectivity index (χ1v) is 6.72. The molecule has 1 rings (SSSR count). The number of carboxylic acids is 1. The van der Waals surface area contributed by atoms with E-state index < -0.39 is 15.8 Å². The molecule has 1 heterocycles. The van der Waals surface area contributed by atoms with Gasteiger partial charge in [-0.1, -0.05) is 0 Å². The molecule has 88 valence electrons. The lowest BCUT2D eigenvalue weighted by molar-refractivity contribution is -0.140. The van der Waals surface area contributed by atoms with Crippen molar-refractivity contribution in [1.29, 1.82) is 0 Å². The minimum atomic E-state index is -2.89. The summed E-state index contributed by atoms with van der Waals surface area (Å²) in [5, 5.41) is 8.65. The quantitative estimate of drug-likeness (QED) is 0.759. The van der Waals surface area contributed by atoms with E-state index >= 15 is 0 Å². The van der Waals surface area contributed by atoms with Crippen LogP contribution in [-0.2, 0) is 19.4 Å². The van der Waals surface area contributed by atoms with Gasteiger partial charge in [-0.25, -0.2) is 8.42 Å². The van der Waals surface area contributed by atoms with Crippen LogP contribution in [0.15, 0.2) is 0 Å². The van der Waals surface area contributed by atoms with Crippen molar-refractivity contribution in [2.24, 2.45) is 5.92 Å². The monoisotopic (exact) mass is 236 g/mol. The Labute approximate surface area is 89.3 Å². The molecule has 0 aliphatic carbocycles. The molecule has 15 heavy (non-hydrogen) atoms. The Hall–Kier alpha value is -0.620. The molecular weight excluding hydrogens is 220 g/mol. The molecule has 0 radical (unpaired) electrons. The van der Waals surface area contributed by atoms with Crippen LogP contribution in [0.4, 0.5) is 0 Å². The third-order valence-electron chi connectivity index (χ3n) is 2.80. The van der Waals surface area contributed by atoms with Gasteiger partial charge >= 0.3 is 5.97 Å². The third-order valence-corrected chi connectivity index (χ3v) is 4.52. The molecule has 0 aromatic heterocycles. The molecule has 1 aliphatic heterocycles. The lowest BCUT2D eigenvalue weighted by Crippen LogP contribution is -2.33. The Morgan fingerprint density at radius 1 is 1.47 bits per heavy atom. The summed E-state index contributed by atoms with van der Waals surface area (Å²) in [6.07, 6.45) is 0.599. The lowest BCUT2D eigenvalue weighted by Gasteiger charge is -2.28. The molecule has 1 fully saturated rings. The van der Waals surface area contributed by atoms with Crippen LogP contribution >= 0.6 is 0 Å². The summed E-state index contributed by atoms with van der Waals surface area (Å²) in [7, 11) is -1.42. The number of rotatable bonds is 4. The molecule has 0 aromatic carbocycles. The summed E-state index contributed by atoms with van der Waals surface area (Å²) in [5.41, 5.74) is 0. The molecule has 1 N–H and O–H groups in total. The smallest absolute Gasteiger partial charge is 0.305 e. The van der Waals surface area contributed by atoms with Crippen LogP contribution in [-0.4, -0.2) is 44.2 Å². The molecule has 0 saturated carbocycles. The maximum Gasteiger partial charge on any atom is 0.305 e. The van der Waals surface area contributed by atoms with Crippen LogP contribution in [0.3, 0.4) is 0 Å². The van der Waals surface area contributed by atoms with E-state index in [1.54, 1.807) is 0 Å². The van der Waals surface area contributed by atoms with Gasteiger partial charge in [-0.05, 0) is 18.8 Å². The predicted molar refractivity (Wildman–Crippen MR) is 54.4 cm³/mol. The summed E-state index contributed by atoms with van der Waals surface area (Å²) in [4.78, 5) is 10.5. The van der Waals surface area contributed by atoms with Crippen LogP contribution in [0.25, 0.3) is 0 Å². The number of hydrogen-bond acceptors (Lipinski definition) is 4. The van der Waals surface area contributed by atoms with Crippen molar-refractivity contribution in [1.82, 2.24) is 0 Å². The van der Waals surface area contributed by atoms with Gasteiger partial charge in [0.15, 0.2) is 0 Å². The van der Waals surface area contributed by atoms with Crippen molar-refractivity contribution in [2.45, 2.75) is 25.4 Å². The Kier molecular flexibility index (Phi) is 4.10. The number of methoxy groups -OCH3 is 1. The van der Waals surface area contributed by atoms with Gasteiger partial charge in [0.2, 0.25) is 0 Å². The van der Waals surface area contributed by atoms with E-state index in [4.69, 9.17) is 9.84 Å². The first kappa shape index (κ1) is 12.4. The van der Waals surface area contributed by atoms with Crippen LogP contribution < -0.4 is 0 Å². The average molecular weight is 236 g/mol. The number of sulfone groups is 1. The zero-order chi connectivity index (χ0) is 11.5. The van der Waals surface area contributed by atoms with Gasteiger partial charge in [0, 0.05) is 7.11 Å². The predicted octanol–water partition coefficient (Wildman–Crippen LogP) is 0.301. The first-order chi connectivity index (χ1) is 6.94. The Morgan fingerprint density at radius 3 is 2.40 bits per heavy atom. The highest BCUT2D eigenvalue weighted by Gasteiger charge is 2.30. The van der Waals surface area contributed by atoms with Crippen molar-refractivity contribution in [3.8, 4) is 0 Å². The highest BCUT2D eigenvalue weighted by Crippen LogP contribution is 2.25. The van der Waals surface area contributed by atoms with Crippen molar-refractivity contribution in [2.75, 3.05) is 18.6 Å². The fourth-order valence-electron chi connectivity index (χ4n) is 1.89. The topological polar surface area (TPSA) is 80.7 Å². The molecular formula is C9H16O5S. The summed E-state index contributed by atoms with van der Waals surface area (Å²) < 4.78 is 27.4. The zero-order valence-electron chi connectivity index (χ0n) is 8.68. The molecule has 1 unspecified atom stereocenters. The summed E-state index contributed by atoms with van der Waals surface area (Å²) in [6, 6.07) is 0. The van der Waals surface area contributed by atoms with Gasteiger partial charge < -0.3 is 9.84 Å².